The number of sulfonamides is 1. The maximum Gasteiger partial charge on any atom is 0.249 e. The summed E-state index contributed by atoms with van der Waals surface area (Å²) in [4.78, 5) is 37.2. The van der Waals surface area contributed by atoms with Crippen LogP contribution in [0.5, 0.6) is 0 Å². The first-order valence-electron chi connectivity index (χ1n) is 8.79. The number of pyridine rings is 1. The quantitative estimate of drug-likeness (QED) is 0.451. The molecule has 1 radical (unpaired) electrons. The number of ketones is 1. The molecule has 2 saturated heterocycles. The molecule has 11 heteroatoms. The number of primary amides is 1. The monoisotopic (exact) mass is 409 g/mol. The van der Waals surface area contributed by atoms with Crippen LogP contribution in [0.2, 0.25) is 0 Å². The third kappa shape index (κ3) is 3.59. The third-order valence-electron chi connectivity index (χ3n) is 5.15. The van der Waals surface area contributed by atoms with E-state index in [1.807, 2.05) is 0 Å². The van der Waals surface area contributed by atoms with Gasteiger partial charge in [0.2, 0.25) is 21.8 Å². The van der Waals surface area contributed by atoms with Gasteiger partial charge in [-0.2, -0.15) is 9.04 Å². The zero-order valence-electron chi connectivity index (χ0n) is 15.2. The smallest absolute Gasteiger partial charge is 0.249 e. The highest BCUT2D eigenvalue weighted by molar-refractivity contribution is 7.89. The lowest BCUT2D eigenvalue weighted by Gasteiger charge is -2.24. The predicted octanol–water partition coefficient (Wildman–Crippen LogP) is -1.42. The molecule has 3 atom stereocenters. The Labute approximate surface area is 162 Å². The average Bonchev–Trinajstić information content (AvgIpc) is 3.21. The number of amides is 2. The standard InChI is InChI=1S/C17H21N4O6S/c1-11(17(18)24)4-5-15(23)20-8-6-13-16(20)14(22)10-21(13)28(26,27)12-3-2-7-19(25)9-12/h2-3,5,7,9,11,13,16H,4,6,8,10H2,1H3,(H2,18,24). The van der Waals surface area contributed by atoms with E-state index in [0.29, 0.717) is 11.2 Å². The molecule has 2 aliphatic rings. The molecule has 3 heterocycles. The Morgan fingerprint density at radius 3 is 2.82 bits per heavy atom. The van der Waals surface area contributed by atoms with Crippen molar-refractivity contribution in [3.05, 3.63) is 36.2 Å². The topological polar surface area (TPSA) is 145 Å². The van der Waals surface area contributed by atoms with Gasteiger partial charge in [-0.1, -0.05) is 6.92 Å². The van der Waals surface area contributed by atoms with Crippen LogP contribution in [0.25, 0.3) is 0 Å². The fourth-order valence-electron chi connectivity index (χ4n) is 3.57. The fourth-order valence-corrected chi connectivity index (χ4v) is 5.21. The Balaban J connectivity index is 1.77. The van der Waals surface area contributed by atoms with Crippen molar-refractivity contribution in [1.29, 1.82) is 0 Å². The van der Waals surface area contributed by atoms with E-state index < -0.39 is 39.8 Å². The van der Waals surface area contributed by atoms with Gasteiger partial charge in [-0.15, -0.1) is 0 Å². The molecule has 1 aromatic rings. The lowest BCUT2D eigenvalue weighted by atomic mass is 10.0. The SMILES string of the molecule is CC(C[CH]C(=O)N1CCC2C1C(=O)CN2S(=O)(=O)c1ccc[n+]([O-])c1)C(N)=O. The highest BCUT2D eigenvalue weighted by Crippen LogP contribution is 2.34. The summed E-state index contributed by atoms with van der Waals surface area (Å²) in [6.07, 6.45) is 3.86. The van der Waals surface area contributed by atoms with Crippen molar-refractivity contribution in [3.63, 3.8) is 0 Å². The summed E-state index contributed by atoms with van der Waals surface area (Å²) in [6, 6.07) is 1.06. The average molecular weight is 409 g/mol. The van der Waals surface area contributed by atoms with Gasteiger partial charge in [-0.25, -0.2) is 8.42 Å². The molecule has 0 saturated carbocycles. The van der Waals surface area contributed by atoms with Crippen LogP contribution in [0.1, 0.15) is 19.8 Å². The number of hydrogen-bond acceptors (Lipinski definition) is 6. The molecule has 28 heavy (non-hydrogen) atoms. The molecule has 2 fully saturated rings. The van der Waals surface area contributed by atoms with Crippen LogP contribution >= 0.6 is 0 Å². The molecule has 3 rings (SSSR count). The molecular weight excluding hydrogens is 388 g/mol. The summed E-state index contributed by atoms with van der Waals surface area (Å²) < 4.78 is 27.2. The van der Waals surface area contributed by atoms with Crippen molar-refractivity contribution < 1.29 is 27.5 Å². The predicted molar refractivity (Wildman–Crippen MR) is 95.5 cm³/mol. The van der Waals surface area contributed by atoms with E-state index in [9.17, 15) is 28.0 Å². The minimum atomic E-state index is -4.05. The van der Waals surface area contributed by atoms with Gasteiger partial charge in [-0.05, 0) is 18.9 Å². The number of aromatic nitrogens is 1. The van der Waals surface area contributed by atoms with E-state index in [-0.39, 0.29) is 30.2 Å². The number of likely N-dealkylation sites (tertiary alicyclic amines) is 1. The second-order valence-electron chi connectivity index (χ2n) is 6.99. The molecule has 10 nitrogen and oxygen atoms in total. The second kappa shape index (κ2) is 7.47. The van der Waals surface area contributed by atoms with Crippen LogP contribution in [0, 0.1) is 17.5 Å². The van der Waals surface area contributed by atoms with E-state index >= 15 is 0 Å². The van der Waals surface area contributed by atoms with Crippen LogP contribution < -0.4 is 10.5 Å². The first-order chi connectivity index (χ1) is 13.1. The number of nitrogens with two attached hydrogens (primary N) is 1. The van der Waals surface area contributed by atoms with E-state index in [4.69, 9.17) is 5.73 Å². The van der Waals surface area contributed by atoms with Crippen molar-refractivity contribution in [2.75, 3.05) is 13.1 Å². The molecule has 151 valence electrons. The summed E-state index contributed by atoms with van der Waals surface area (Å²) in [5.41, 5.74) is 5.18. The Kier molecular flexibility index (Phi) is 5.39. The Hall–Kier alpha value is -2.53. The Bertz CT molecular complexity index is 918. The molecule has 2 amide bonds. The van der Waals surface area contributed by atoms with E-state index in [1.54, 1.807) is 6.92 Å². The van der Waals surface area contributed by atoms with Crippen molar-refractivity contribution in [1.82, 2.24) is 9.21 Å². The summed E-state index contributed by atoms with van der Waals surface area (Å²) in [5, 5.41) is 11.4. The maximum absolute atomic E-state index is 12.9. The number of Topliss-reactive ketones (excluding diaryl/α,β-unsaturated/α-hetero) is 1. The van der Waals surface area contributed by atoms with Crippen molar-refractivity contribution in [2.45, 2.75) is 36.7 Å². The maximum atomic E-state index is 12.9. The van der Waals surface area contributed by atoms with Gasteiger partial charge >= 0.3 is 0 Å². The summed E-state index contributed by atoms with van der Waals surface area (Å²) in [6.45, 7) is 1.46. The molecule has 0 aromatic carbocycles. The van der Waals surface area contributed by atoms with Gasteiger partial charge in [0.05, 0.1) is 19.0 Å². The van der Waals surface area contributed by atoms with Crippen molar-refractivity contribution >= 4 is 27.6 Å². The van der Waals surface area contributed by atoms with Gasteiger partial charge in [0.15, 0.2) is 18.2 Å². The van der Waals surface area contributed by atoms with Crippen LogP contribution in [-0.4, -0.2) is 60.4 Å². The van der Waals surface area contributed by atoms with Crippen LogP contribution in [-0.2, 0) is 24.4 Å². The van der Waals surface area contributed by atoms with Crippen LogP contribution in [0.4, 0.5) is 0 Å². The van der Waals surface area contributed by atoms with Crippen molar-refractivity contribution in [3.8, 4) is 0 Å². The molecular formula is C17H21N4O6S. The van der Waals surface area contributed by atoms with Crippen LogP contribution in [0.3, 0.4) is 0 Å². The Morgan fingerprint density at radius 1 is 1.46 bits per heavy atom. The first-order valence-corrected chi connectivity index (χ1v) is 10.2. The number of carbonyl (C=O) groups excluding carboxylic acids is 3. The molecule has 2 N–H and O–H groups in total. The van der Waals surface area contributed by atoms with E-state index in [1.165, 1.54) is 23.5 Å². The van der Waals surface area contributed by atoms with Gasteiger partial charge in [0, 0.05) is 18.5 Å². The third-order valence-corrected chi connectivity index (χ3v) is 7.00. The number of carbonyl (C=O) groups is 3. The molecule has 0 aliphatic carbocycles. The second-order valence-corrected chi connectivity index (χ2v) is 8.88. The highest BCUT2D eigenvalue weighted by atomic mass is 32.2. The van der Waals surface area contributed by atoms with Gasteiger partial charge in [0.1, 0.15) is 10.9 Å². The number of hydrogen-bond donors (Lipinski definition) is 1. The minimum absolute atomic E-state index is 0.145. The summed E-state index contributed by atoms with van der Waals surface area (Å²) in [7, 11) is -4.05. The van der Waals surface area contributed by atoms with Gasteiger partial charge < -0.3 is 15.8 Å². The van der Waals surface area contributed by atoms with Crippen LogP contribution in [0.15, 0.2) is 29.4 Å². The molecule has 3 unspecified atom stereocenters. The highest BCUT2D eigenvalue weighted by Gasteiger charge is 2.53. The number of nitrogens with zero attached hydrogens (tertiary/aromatic N) is 3. The molecule has 0 spiro atoms. The van der Waals surface area contributed by atoms with Gasteiger partial charge in [-0.3, -0.25) is 14.4 Å². The summed E-state index contributed by atoms with van der Waals surface area (Å²) >= 11 is 0. The van der Waals surface area contributed by atoms with E-state index in [2.05, 4.69) is 0 Å². The molecule has 0 bridgehead atoms. The summed E-state index contributed by atoms with van der Waals surface area (Å²) in [5.74, 6) is -1.85. The fraction of sp³-hybridized carbons (Fsp3) is 0.471. The molecule has 2 aliphatic heterocycles. The minimum Gasteiger partial charge on any atom is -0.619 e. The van der Waals surface area contributed by atoms with Crippen molar-refractivity contribution in [2.24, 2.45) is 11.7 Å². The van der Waals surface area contributed by atoms with E-state index in [0.717, 1.165) is 16.7 Å². The largest absolute Gasteiger partial charge is 0.619 e. The molecule has 1 aromatic heterocycles. The zero-order chi connectivity index (χ0) is 20.6. The Morgan fingerprint density at radius 2 is 2.18 bits per heavy atom. The number of fused-ring (bicyclic) bond motifs is 1. The lowest BCUT2D eigenvalue weighted by Crippen LogP contribution is -2.44. The normalized spacial score (nSPS) is 23.6. The first kappa shape index (κ1) is 20.2. The number of rotatable bonds is 6. The van der Waals surface area contributed by atoms with Gasteiger partial charge in [0.25, 0.3) is 0 Å². The lowest BCUT2D eigenvalue weighted by molar-refractivity contribution is -0.607. The zero-order valence-corrected chi connectivity index (χ0v) is 16.0.